The maximum absolute atomic E-state index is 12.5. The highest BCUT2D eigenvalue weighted by Gasteiger charge is 2.20. The van der Waals surface area contributed by atoms with Gasteiger partial charge in [0.1, 0.15) is 12.2 Å². The number of rotatable bonds is 5. The molecule has 0 amide bonds. The highest BCUT2D eigenvalue weighted by atomic mass is 32.1. The fraction of sp³-hybridized carbons (Fsp3) is 0.167. The molecule has 0 unspecified atom stereocenters. The molecule has 0 spiro atoms. The molecule has 10 nitrogen and oxygen atoms in total. The van der Waals surface area contributed by atoms with Gasteiger partial charge in [0.25, 0.3) is 5.89 Å². The summed E-state index contributed by atoms with van der Waals surface area (Å²) in [6, 6.07) is 6.38. The maximum atomic E-state index is 12.5. The molecule has 4 heterocycles. The molecule has 146 valence electrons. The Bertz CT molecular complexity index is 1280. The second-order valence-electron chi connectivity index (χ2n) is 6.15. The van der Waals surface area contributed by atoms with Crippen molar-refractivity contribution in [1.29, 1.82) is 0 Å². The molecule has 11 heteroatoms. The van der Waals surface area contributed by atoms with E-state index in [1.54, 1.807) is 24.3 Å². The lowest BCUT2D eigenvalue weighted by atomic mass is 10.1. The van der Waals surface area contributed by atoms with Gasteiger partial charge in [-0.3, -0.25) is 4.79 Å². The van der Waals surface area contributed by atoms with Crippen molar-refractivity contribution in [3.63, 3.8) is 0 Å². The second-order valence-corrected chi connectivity index (χ2v) is 7.21. The van der Waals surface area contributed by atoms with Gasteiger partial charge in [-0.25, -0.2) is 9.78 Å². The first-order chi connectivity index (χ1) is 14.1. The summed E-state index contributed by atoms with van der Waals surface area (Å²) in [4.78, 5) is 29.0. The van der Waals surface area contributed by atoms with Crippen molar-refractivity contribution in [3.8, 4) is 34.5 Å². The zero-order valence-corrected chi connectivity index (χ0v) is 15.8. The molecule has 0 bridgehead atoms. The molecule has 3 aromatic heterocycles. The molecule has 0 radical (unpaired) electrons. The number of ketones is 1. The van der Waals surface area contributed by atoms with Crippen molar-refractivity contribution in [2.45, 2.75) is 13.5 Å². The number of carbonyl (C=O) groups is 1. The van der Waals surface area contributed by atoms with E-state index in [2.05, 4.69) is 15.2 Å². The number of fused-ring (bicyclic) bond motifs is 1. The van der Waals surface area contributed by atoms with Gasteiger partial charge in [-0.15, -0.1) is 16.4 Å². The number of aromatic nitrogens is 4. The van der Waals surface area contributed by atoms with Crippen LogP contribution in [0.5, 0.6) is 11.5 Å². The van der Waals surface area contributed by atoms with Crippen LogP contribution in [0.3, 0.4) is 0 Å². The number of carbonyl (C=O) groups excluding carboxylic acids is 1. The van der Waals surface area contributed by atoms with E-state index >= 15 is 0 Å². The largest absolute Gasteiger partial charge is 0.454 e. The molecule has 4 aromatic rings. The molecule has 1 aromatic carbocycles. The third-order valence-electron chi connectivity index (χ3n) is 4.19. The van der Waals surface area contributed by atoms with Gasteiger partial charge >= 0.3 is 5.76 Å². The van der Waals surface area contributed by atoms with E-state index in [4.69, 9.17) is 18.4 Å². The van der Waals surface area contributed by atoms with Crippen LogP contribution >= 0.6 is 11.3 Å². The summed E-state index contributed by atoms with van der Waals surface area (Å²) in [5.41, 5.74) is 1.23. The summed E-state index contributed by atoms with van der Waals surface area (Å²) in [5.74, 6) is 0.330. The van der Waals surface area contributed by atoms with Crippen LogP contribution in [-0.2, 0) is 6.54 Å². The molecule has 0 N–H and O–H groups in total. The number of ether oxygens (including phenoxy) is 2. The van der Waals surface area contributed by atoms with Crippen molar-refractivity contribution in [2.75, 3.05) is 6.79 Å². The molecule has 29 heavy (non-hydrogen) atoms. The average Bonchev–Trinajstić information content (AvgIpc) is 3.48. The minimum Gasteiger partial charge on any atom is -0.454 e. The Morgan fingerprint density at radius 2 is 2.07 bits per heavy atom. The van der Waals surface area contributed by atoms with E-state index in [1.807, 2.05) is 12.3 Å². The molecular formula is C18H12N4O6S. The number of benzene rings is 1. The Kier molecular flexibility index (Phi) is 4.02. The summed E-state index contributed by atoms with van der Waals surface area (Å²) in [5, 5.41) is 10.6. The summed E-state index contributed by atoms with van der Waals surface area (Å²) in [7, 11) is 0. The number of thiazole rings is 1. The fourth-order valence-electron chi connectivity index (χ4n) is 2.78. The van der Waals surface area contributed by atoms with E-state index in [9.17, 15) is 9.59 Å². The number of nitrogens with zero attached hydrogens (tertiary/aromatic N) is 4. The molecular weight excluding hydrogens is 400 g/mol. The van der Waals surface area contributed by atoms with Crippen LogP contribution in [-0.4, -0.2) is 32.5 Å². The van der Waals surface area contributed by atoms with Gasteiger partial charge in [0.15, 0.2) is 28.7 Å². The van der Waals surface area contributed by atoms with Gasteiger partial charge in [-0.2, -0.15) is 4.68 Å². The van der Waals surface area contributed by atoms with E-state index in [-0.39, 0.29) is 30.7 Å². The third-order valence-corrected chi connectivity index (χ3v) is 4.97. The first-order valence-electron chi connectivity index (χ1n) is 8.47. The van der Waals surface area contributed by atoms with Gasteiger partial charge < -0.3 is 18.4 Å². The SMILES string of the molecule is Cc1nc(-c2cc(-c3nn(CC(=O)c4ccc5c(c4)OCO5)c(=O)o3)no2)cs1. The van der Waals surface area contributed by atoms with Crippen molar-refractivity contribution in [1.82, 2.24) is 19.9 Å². The van der Waals surface area contributed by atoms with E-state index in [0.717, 1.165) is 9.69 Å². The zero-order chi connectivity index (χ0) is 20.0. The van der Waals surface area contributed by atoms with Crippen LogP contribution in [0.2, 0.25) is 0 Å². The Labute approximate surface area is 166 Å². The lowest BCUT2D eigenvalue weighted by Gasteiger charge is -2.01. The number of hydrogen-bond donors (Lipinski definition) is 0. The van der Waals surface area contributed by atoms with Crippen LogP contribution in [0.4, 0.5) is 0 Å². The van der Waals surface area contributed by atoms with Gasteiger partial charge in [0.2, 0.25) is 6.79 Å². The number of Topliss-reactive ketones (excluding diaryl/α,β-unsaturated/α-hetero) is 1. The smallest absolute Gasteiger partial charge is 0.437 e. The minimum atomic E-state index is -0.775. The van der Waals surface area contributed by atoms with E-state index < -0.39 is 5.76 Å². The van der Waals surface area contributed by atoms with Gasteiger partial charge in [-0.05, 0) is 25.1 Å². The lowest BCUT2D eigenvalue weighted by molar-refractivity contribution is 0.0964. The van der Waals surface area contributed by atoms with Crippen LogP contribution in [0.25, 0.3) is 23.0 Å². The van der Waals surface area contributed by atoms with Gasteiger partial charge in [-0.1, -0.05) is 5.16 Å². The molecule has 0 atom stereocenters. The highest BCUT2D eigenvalue weighted by molar-refractivity contribution is 7.09. The third kappa shape index (κ3) is 3.21. The van der Waals surface area contributed by atoms with Crippen molar-refractivity contribution in [2.24, 2.45) is 0 Å². The van der Waals surface area contributed by atoms with Crippen molar-refractivity contribution in [3.05, 3.63) is 50.8 Å². The number of hydrogen-bond acceptors (Lipinski definition) is 10. The molecule has 0 aliphatic carbocycles. The van der Waals surface area contributed by atoms with Crippen molar-refractivity contribution >= 4 is 17.1 Å². The van der Waals surface area contributed by atoms with Crippen LogP contribution in [0, 0.1) is 6.92 Å². The van der Waals surface area contributed by atoms with Crippen LogP contribution in [0.15, 0.2) is 43.4 Å². The quantitative estimate of drug-likeness (QED) is 0.455. The van der Waals surface area contributed by atoms with Gasteiger partial charge in [0, 0.05) is 17.0 Å². The molecule has 1 aliphatic heterocycles. The molecule has 0 saturated carbocycles. The fourth-order valence-corrected chi connectivity index (χ4v) is 3.38. The maximum Gasteiger partial charge on any atom is 0.437 e. The Morgan fingerprint density at radius 1 is 1.21 bits per heavy atom. The average molecular weight is 412 g/mol. The Balaban J connectivity index is 1.37. The first kappa shape index (κ1) is 17.4. The monoisotopic (exact) mass is 412 g/mol. The summed E-state index contributed by atoms with van der Waals surface area (Å²) < 4.78 is 21.8. The normalized spacial score (nSPS) is 12.4. The Morgan fingerprint density at radius 3 is 2.90 bits per heavy atom. The summed E-state index contributed by atoms with van der Waals surface area (Å²) >= 11 is 1.48. The van der Waals surface area contributed by atoms with Crippen LogP contribution < -0.4 is 15.2 Å². The number of aryl methyl sites for hydroxylation is 1. The highest BCUT2D eigenvalue weighted by Crippen LogP contribution is 2.32. The van der Waals surface area contributed by atoms with Crippen LogP contribution in [0.1, 0.15) is 15.4 Å². The molecule has 5 rings (SSSR count). The lowest BCUT2D eigenvalue weighted by Crippen LogP contribution is -2.21. The summed E-state index contributed by atoms with van der Waals surface area (Å²) in [6.45, 7) is 1.69. The summed E-state index contributed by atoms with van der Waals surface area (Å²) in [6.07, 6.45) is 0. The van der Waals surface area contributed by atoms with Crippen molar-refractivity contribution < 1.29 is 23.2 Å². The molecule has 1 aliphatic rings. The predicted molar refractivity (Wildman–Crippen MR) is 99.0 cm³/mol. The standard InChI is InChI=1S/C18H12N4O6S/c1-9-19-12(7-29-9)15-5-11(21-28-15)17-20-22(18(24)27-17)6-13(23)10-2-3-14-16(4-10)26-8-25-14/h2-5,7H,6,8H2,1H3. The minimum absolute atomic E-state index is 0.0459. The Hall–Kier alpha value is -3.73. The molecule has 0 fully saturated rings. The van der Waals surface area contributed by atoms with E-state index in [0.29, 0.717) is 28.5 Å². The van der Waals surface area contributed by atoms with Gasteiger partial charge in [0.05, 0.1) is 5.01 Å². The first-order valence-corrected chi connectivity index (χ1v) is 9.35. The zero-order valence-electron chi connectivity index (χ0n) is 14.9. The topological polar surface area (TPSA) is 122 Å². The second kappa shape index (κ2) is 6.71. The predicted octanol–water partition coefficient (Wildman–Crippen LogP) is 2.53. The molecule has 0 saturated heterocycles. The van der Waals surface area contributed by atoms with E-state index in [1.165, 1.54) is 11.3 Å².